The minimum absolute atomic E-state index is 0.0179. The topological polar surface area (TPSA) is 78.7 Å². The van der Waals surface area contributed by atoms with E-state index in [1.54, 1.807) is 6.07 Å². The number of anilines is 1. The second kappa shape index (κ2) is 9.74. The molecule has 0 saturated carbocycles. The third-order valence-corrected chi connectivity index (χ3v) is 5.78. The van der Waals surface area contributed by atoms with Crippen molar-refractivity contribution in [1.82, 2.24) is 30.0 Å². The van der Waals surface area contributed by atoms with Crippen LogP contribution in [0, 0.1) is 5.92 Å². The Kier molecular flexibility index (Phi) is 6.77. The van der Waals surface area contributed by atoms with Crippen molar-refractivity contribution < 1.29 is 18.0 Å². The number of amides is 1. The van der Waals surface area contributed by atoms with Gasteiger partial charge in [0.25, 0.3) is 5.82 Å². The van der Waals surface area contributed by atoms with Crippen LogP contribution in [-0.2, 0) is 17.5 Å². The maximum Gasteiger partial charge on any atom is 0.453 e. The Bertz CT molecular complexity index is 1080. The SMILES string of the molecule is CN(CCNC(=O)C1CCN(c2ccc3nnc(C(F)(F)F)n3n2)CC1)Cc1ccccc1. The Balaban J connectivity index is 1.26. The number of rotatable bonds is 7. The number of benzene rings is 1. The van der Waals surface area contributed by atoms with E-state index in [1.807, 2.05) is 30.1 Å². The summed E-state index contributed by atoms with van der Waals surface area (Å²) < 4.78 is 40.0. The Morgan fingerprint density at radius 1 is 1.12 bits per heavy atom. The number of fused-ring (bicyclic) bond motifs is 1. The molecule has 1 aliphatic rings. The molecule has 1 fully saturated rings. The summed E-state index contributed by atoms with van der Waals surface area (Å²) in [4.78, 5) is 16.6. The van der Waals surface area contributed by atoms with Crippen LogP contribution >= 0.6 is 0 Å². The third-order valence-electron chi connectivity index (χ3n) is 5.78. The molecule has 4 rings (SSSR count). The Morgan fingerprint density at radius 2 is 1.85 bits per heavy atom. The highest BCUT2D eigenvalue weighted by molar-refractivity contribution is 5.79. The van der Waals surface area contributed by atoms with Crippen LogP contribution in [0.25, 0.3) is 5.65 Å². The van der Waals surface area contributed by atoms with Gasteiger partial charge in [-0.25, -0.2) is 0 Å². The van der Waals surface area contributed by atoms with Gasteiger partial charge < -0.3 is 15.1 Å². The van der Waals surface area contributed by atoms with E-state index in [9.17, 15) is 18.0 Å². The van der Waals surface area contributed by atoms with Crippen molar-refractivity contribution in [3.63, 3.8) is 0 Å². The van der Waals surface area contributed by atoms with Crippen molar-refractivity contribution in [3.8, 4) is 0 Å². The summed E-state index contributed by atoms with van der Waals surface area (Å²) in [6, 6.07) is 13.2. The lowest BCUT2D eigenvalue weighted by atomic mass is 9.96. The minimum Gasteiger partial charge on any atom is -0.355 e. The highest BCUT2D eigenvalue weighted by Gasteiger charge is 2.38. The minimum atomic E-state index is -4.63. The molecule has 1 aromatic carbocycles. The van der Waals surface area contributed by atoms with Crippen LogP contribution in [0.2, 0.25) is 0 Å². The van der Waals surface area contributed by atoms with Gasteiger partial charge in [-0.15, -0.1) is 15.3 Å². The van der Waals surface area contributed by atoms with Crippen molar-refractivity contribution in [2.24, 2.45) is 5.92 Å². The first-order chi connectivity index (χ1) is 15.8. The zero-order chi connectivity index (χ0) is 23.4. The first-order valence-corrected chi connectivity index (χ1v) is 10.9. The predicted octanol–water partition coefficient (Wildman–Crippen LogP) is 2.61. The fourth-order valence-electron chi connectivity index (χ4n) is 3.98. The molecule has 11 heteroatoms. The molecule has 3 aromatic rings. The van der Waals surface area contributed by atoms with Gasteiger partial charge in [-0.05, 0) is 37.6 Å². The van der Waals surface area contributed by atoms with Crippen molar-refractivity contribution in [3.05, 3.63) is 53.9 Å². The van der Waals surface area contributed by atoms with Gasteiger partial charge in [0.15, 0.2) is 5.65 Å². The number of likely N-dealkylation sites (N-methyl/N-ethyl adjacent to an activating group) is 1. The van der Waals surface area contributed by atoms with Crippen LogP contribution in [0.3, 0.4) is 0 Å². The Hall–Kier alpha value is -3.21. The molecule has 3 heterocycles. The van der Waals surface area contributed by atoms with Gasteiger partial charge in [-0.3, -0.25) is 4.79 Å². The van der Waals surface area contributed by atoms with Crippen LogP contribution < -0.4 is 10.2 Å². The number of carbonyl (C=O) groups is 1. The molecule has 0 aliphatic carbocycles. The molecule has 8 nitrogen and oxygen atoms in total. The number of nitrogens with zero attached hydrogens (tertiary/aromatic N) is 6. The van der Waals surface area contributed by atoms with Crippen LogP contribution in [0.1, 0.15) is 24.2 Å². The number of piperidine rings is 1. The molecule has 1 saturated heterocycles. The van der Waals surface area contributed by atoms with E-state index in [0.717, 1.165) is 17.6 Å². The molecule has 0 spiro atoms. The molecule has 0 atom stereocenters. The fourth-order valence-corrected chi connectivity index (χ4v) is 3.98. The lowest BCUT2D eigenvalue weighted by molar-refractivity contribution is -0.146. The Labute approximate surface area is 189 Å². The highest BCUT2D eigenvalue weighted by atomic mass is 19.4. The molecule has 1 amide bonds. The monoisotopic (exact) mass is 461 g/mol. The van der Waals surface area contributed by atoms with E-state index in [0.29, 0.717) is 38.3 Å². The number of halogens is 3. The molecule has 1 N–H and O–H groups in total. The smallest absolute Gasteiger partial charge is 0.355 e. The van der Waals surface area contributed by atoms with E-state index >= 15 is 0 Å². The number of hydrogen-bond acceptors (Lipinski definition) is 6. The molecule has 176 valence electrons. The van der Waals surface area contributed by atoms with Crippen molar-refractivity contribution in [2.75, 3.05) is 38.1 Å². The predicted molar refractivity (Wildman–Crippen MR) is 117 cm³/mol. The molecule has 1 aliphatic heterocycles. The van der Waals surface area contributed by atoms with E-state index < -0.39 is 12.0 Å². The first-order valence-electron chi connectivity index (χ1n) is 10.9. The van der Waals surface area contributed by atoms with Gasteiger partial charge in [-0.1, -0.05) is 30.3 Å². The Morgan fingerprint density at radius 3 is 2.55 bits per heavy atom. The maximum atomic E-state index is 13.1. The number of aromatic nitrogens is 4. The number of carbonyl (C=O) groups excluding carboxylic acids is 1. The molecule has 0 unspecified atom stereocenters. The lowest BCUT2D eigenvalue weighted by Crippen LogP contribution is -2.42. The van der Waals surface area contributed by atoms with Gasteiger partial charge in [0.05, 0.1) is 0 Å². The number of nitrogens with one attached hydrogen (secondary N) is 1. The van der Waals surface area contributed by atoms with Gasteiger partial charge in [-0.2, -0.15) is 17.7 Å². The van der Waals surface area contributed by atoms with E-state index in [-0.39, 0.29) is 17.5 Å². The standard InChI is InChI=1S/C22H26F3N7O/c1-30(15-16-5-3-2-4-6-16)14-11-26-20(33)17-9-12-31(13-10-17)19-8-7-18-27-28-21(22(23,24)25)32(18)29-19/h2-8,17H,9-15H2,1H3,(H,26,33). The van der Waals surface area contributed by atoms with Gasteiger partial charge >= 0.3 is 6.18 Å². The van der Waals surface area contributed by atoms with Crippen LogP contribution in [0.15, 0.2) is 42.5 Å². The second-order valence-electron chi connectivity index (χ2n) is 8.26. The maximum absolute atomic E-state index is 13.1. The summed E-state index contributed by atoms with van der Waals surface area (Å²) in [6.45, 7) is 3.19. The number of hydrogen-bond donors (Lipinski definition) is 1. The normalized spacial score (nSPS) is 15.4. The highest BCUT2D eigenvalue weighted by Crippen LogP contribution is 2.28. The van der Waals surface area contributed by atoms with Crippen molar-refractivity contribution in [1.29, 1.82) is 0 Å². The zero-order valence-electron chi connectivity index (χ0n) is 18.3. The summed E-state index contributed by atoms with van der Waals surface area (Å²) in [5.74, 6) is -0.838. The molecular formula is C22H26F3N7O. The lowest BCUT2D eigenvalue weighted by Gasteiger charge is -2.32. The fraction of sp³-hybridized carbons (Fsp3) is 0.455. The second-order valence-corrected chi connectivity index (χ2v) is 8.26. The van der Waals surface area contributed by atoms with Crippen molar-refractivity contribution >= 4 is 17.4 Å². The summed E-state index contributed by atoms with van der Waals surface area (Å²) in [5, 5.41) is 13.8. The average molecular weight is 461 g/mol. The zero-order valence-corrected chi connectivity index (χ0v) is 18.3. The largest absolute Gasteiger partial charge is 0.453 e. The summed E-state index contributed by atoms with van der Waals surface area (Å²) >= 11 is 0. The molecule has 33 heavy (non-hydrogen) atoms. The number of alkyl halides is 3. The molecular weight excluding hydrogens is 435 g/mol. The third kappa shape index (κ3) is 5.59. The summed E-state index contributed by atoms with van der Waals surface area (Å²) in [5.41, 5.74) is 1.26. The molecule has 0 radical (unpaired) electrons. The van der Waals surface area contributed by atoms with Crippen LogP contribution in [0.5, 0.6) is 0 Å². The van der Waals surface area contributed by atoms with Gasteiger partial charge in [0, 0.05) is 38.6 Å². The quantitative estimate of drug-likeness (QED) is 0.583. The first kappa shape index (κ1) is 23.0. The van der Waals surface area contributed by atoms with Crippen molar-refractivity contribution in [2.45, 2.75) is 25.6 Å². The molecule has 2 aromatic heterocycles. The average Bonchev–Trinajstić information content (AvgIpc) is 3.24. The van der Waals surface area contributed by atoms with E-state index in [2.05, 4.69) is 37.6 Å². The summed E-state index contributed by atoms with van der Waals surface area (Å²) in [7, 11) is 2.02. The van der Waals surface area contributed by atoms with Gasteiger partial charge in [0.1, 0.15) is 5.82 Å². The van der Waals surface area contributed by atoms with Crippen LogP contribution in [-0.4, -0.2) is 63.8 Å². The van der Waals surface area contributed by atoms with E-state index in [1.165, 1.54) is 11.6 Å². The molecule has 0 bridgehead atoms. The van der Waals surface area contributed by atoms with E-state index in [4.69, 9.17) is 0 Å². The van der Waals surface area contributed by atoms with Gasteiger partial charge in [0.2, 0.25) is 5.91 Å². The van der Waals surface area contributed by atoms with Crippen LogP contribution in [0.4, 0.5) is 19.0 Å². The summed E-state index contributed by atoms with van der Waals surface area (Å²) in [6.07, 6.45) is -3.41.